The Hall–Kier alpha value is -5.62. The van der Waals surface area contributed by atoms with E-state index in [1.807, 2.05) is 6.07 Å². The molecule has 4 fully saturated rings. The highest BCUT2D eigenvalue weighted by atomic mass is 19.3. The summed E-state index contributed by atoms with van der Waals surface area (Å²) in [4.78, 5) is 72.7. The number of aromatic nitrogens is 5. The van der Waals surface area contributed by atoms with Crippen molar-refractivity contribution in [3.05, 3.63) is 70.9 Å². The standard InChI is InChI=1S/C43H50F2N10O6/c1-52(27-11-7-26(8-12-27)47-32-4-2-3-29-36(32)43(60)55(42(29)59)34-13-14-35(56)50-41(34)58)22-24-5-9-28(10-6-24)54-23-33(37(51-54)38(44)45)49-40(57)30-21-46-53-18-15-31(48-39(30)53)25-16-19-61-20-17-25/h2-4,15,18,21,23-28,34,38,47H,5-14,16-17,19-20,22H2,1H3,(H,49,57)(H,50,56,58)/t24-,26-,27-,28-,34?. The Morgan fingerprint density at radius 2 is 1.72 bits per heavy atom. The number of halogens is 2. The Labute approximate surface area is 350 Å². The Morgan fingerprint density at radius 3 is 2.46 bits per heavy atom. The molecule has 3 N–H and O–H groups in total. The molecule has 0 bridgehead atoms. The van der Waals surface area contributed by atoms with E-state index >= 15 is 0 Å². The van der Waals surface area contributed by atoms with Gasteiger partial charge in [0.1, 0.15) is 11.6 Å². The molecule has 3 aliphatic heterocycles. The number of benzene rings is 1. The monoisotopic (exact) mass is 840 g/mol. The van der Waals surface area contributed by atoms with Gasteiger partial charge in [0.15, 0.2) is 11.3 Å². The van der Waals surface area contributed by atoms with Gasteiger partial charge in [0.05, 0.1) is 29.1 Å². The number of imide groups is 2. The van der Waals surface area contributed by atoms with Crippen LogP contribution in [-0.2, 0) is 14.3 Å². The summed E-state index contributed by atoms with van der Waals surface area (Å²) in [7, 11) is 2.16. The number of anilines is 2. The summed E-state index contributed by atoms with van der Waals surface area (Å²) < 4.78 is 37.2. The molecule has 1 unspecified atom stereocenters. The van der Waals surface area contributed by atoms with Crippen LogP contribution in [0.5, 0.6) is 0 Å². The maximum atomic E-state index is 14.3. The van der Waals surface area contributed by atoms with E-state index in [1.165, 1.54) is 16.9 Å². The van der Waals surface area contributed by atoms with Crippen molar-refractivity contribution >= 4 is 46.6 Å². The third-order valence-corrected chi connectivity index (χ3v) is 13.4. The van der Waals surface area contributed by atoms with Crippen molar-refractivity contribution in [2.24, 2.45) is 5.92 Å². The van der Waals surface area contributed by atoms with Gasteiger partial charge in [0, 0.05) is 68.0 Å². The molecule has 1 aromatic carbocycles. The van der Waals surface area contributed by atoms with Crippen LogP contribution in [0.3, 0.4) is 0 Å². The fraction of sp³-hybridized carbons (Fsp3) is 0.535. The summed E-state index contributed by atoms with van der Waals surface area (Å²) in [5, 5.41) is 17.0. The van der Waals surface area contributed by atoms with Gasteiger partial charge in [-0.1, -0.05) is 6.07 Å². The zero-order chi connectivity index (χ0) is 42.4. The van der Waals surface area contributed by atoms with Crippen LogP contribution in [-0.4, -0.2) is 109 Å². The fourth-order valence-electron chi connectivity index (χ4n) is 9.97. The Balaban J connectivity index is 0.767. The number of carbonyl (C=O) groups is 5. The topological polar surface area (TPSA) is 185 Å². The first-order valence-corrected chi connectivity index (χ1v) is 21.4. The van der Waals surface area contributed by atoms with E-state index in [0.717, 1.165) is 81.3 Å². The van der Waals surface area contributed by atoms with Crippen LogP contribution in [0, 0.1) is 5.92 Å². The Bertz CT molecular complexity index is 2340. The molecule has 2 saturated carbocycles. The number of piperidine rings is 1. The summed E-state index contributed by atoms with van der Waals surface area (Å²) in [6, 6.07) is 6.44. The molecule has 4 aromatic rings. The van der Waals surface area contributed by atoms with Gasteiger partial charge in [0.25, 0.3) is 24.1 Å². The van der Waals surface area contributed by atoms with Crippen molar-refractivity contribution in [3.63, 3.8) is 0 Å². The minimum atomic E-state index is -2.87. The van der Waals surface area contributed by atoms with Crippen molar-refractivity contribution in [2.75, 3.05) is 37.4 Å². The van der Waals surface area contributed by atoms with Gasteiger partial charge in [-0.05, 0) is 102 Å². The van der Waals surface area contributed by atoms with Gasteiger partial charge >= 0.3 is 0 Å². The van der Waals surface area contributed by atoms with E-state index in [9.17, 15) is 32.8 Å². The van der Waals surface area contributed by atoms with Crippen LogP contribution in [0.2, 0.25) is 0 Å². The van der Waals surface area contributed by atoms with Crippen LogP contribution in [0.4, 0.5) is 20.2 Å². The summed E-state index contributed by atoms with van der Waals surface area (Å²) in [5.74, 6) is -2.00. The molecule has 5 aliphatic rings. The second kappa shape index (κ2) is 17.0. The number of ether oxygens (including phenoxy) is 1. The maximum Gasteiger partial charge on any atom is 0.284 e. The molecule has 5 amide bonds. The number of carbonyl (C=O) groups excluding carboxylic acids is 5. The van der Waals surface area contributed by atoms with Crippen LogP contribution in [0.25, 0.3) is 5.65 Å². The largest absolute Gasteiger partial charge is 0.382 e. The maximum absolute atomic E-state index is 14.3. The van der Waals surface area contributed by atoms with Crippen molar-refractivity contribution in [1.29, 1.82) is 0 Å². The quantitative estimate of drug-likeness (QED) is 0.162. The van der Waals surface area contributed by atoms with Crippen LogP contribution in [0.1, 0.15) is 138 Å². The highest BCUT2D eigenvalue weighted by Gasteiger charge is 2.46. The Kier molecular flexibility index (Phi) is 11.4. The summed E-state index contributed by atoms with van der Waals surface area (Å²) in [6.07, 6.45) is 10.7. The molecule has 322 valence electrons. The number of hydrogen-bond acceptors (Lipinski definition) is 11. The molecule has 0 spiro atoms. The predicted octanol–water partition coefficient (Wildman–Crippen LogP) is 5.50. The zero-order valence-electron chi connectivity index (χ0n) is 34.0. The predicted molar refractivity (Wildman–Crippen MR) is 217 cm³/mol. The van der Waals surface area contributed by atoms with E-state index in [-0.39, 0.29) is 53.2 Å². The number of rotatable bonds is 11. The van der Waals surface area contributed by atoms with Gasteiger partial charge in [0.2, 0.25) is 11.8 Å². The number of amides is 5. The smallest absolute Gasteiger partial charge is 0.284 e. The molecule has 6 heterocycles. The van der Waals surface area contributed by atoms with Gasteiger partial charge < -0.3 is 20.3 Å². The van der Waals surface area contributed by atoms with E-state index in [2.05, 4.69) is 38.1 Å². The van der Waals surface area contributed by atoms with Gasteiger partial charge in [-0.2, -0.15) is 10.2 Å². The molecule has 61 heavy (non-hydrogen) atoms. The highest BCUT2D eigenvalue weighted by Crippen LogP contribution is 2.38. The summed E-state index contributed by atoms with van der Waals surface area (Å²) >= 11 is 0. The molecule has 3 aromatic heterocycles. The third kappa shape index (κ3) is 8.14. The first-order chi connectivity index (χ1) is 29.5. The number of nitrogens with one attached hydrogen (secondary N) is 3. The average Bonchev–Trinajstić information content (AvgIpc) is 3.96. The SMILES string of the molecule is CN(C[C@H]1CC[C@H](n2cc(NC(=O)c3cnn4ccc(C5CCOCC5)nc34)c(C(F)F)n2)CC1)[C@H]1CC[C@H](Nc2cccc3c2C(=O)N(C2CCC(=O)NC2=O)C3=O)CC1. The lowest BCUT2D eigenvalue weighted by Gasteiger charge is -2.38. The number of fused-ring (bicyclic) bond motifs is 2. The molecule has 9 rings (SSSR count). The molecule has 0 radical (unpaired) electrons. The zero-order valence-corrected chi connectivity index (χ0v) is 34.0. The first kappa shape index (κ1) is 40.8. The van der Waals surface area contributed by atoms with Crippen molar-refractivity contribution in [1.82, 2.24) is 39.5 Å². The highest BCUT2D eigenvalue weighted by molar-refractivity contribution is 6.25. The van der Waals surface area contributed by atoms with Gasteiger partial charge in [-0.25, -0.2) is 18.3 Å². The number of hydrogen-bond donors (Lipinski definition) is 3. The van der Waals surface area contributed by atoms with E-state index in [4.69, 9.17) is 9.72 Å². The lowest BCUT2D eigenvalue weighted by Crippen LogP contribution is -2.54. The van der Waals surface area contributed by atoms with E-state index in [0.29, 0.717) is 36.5 Å². The minimum Gasteiger partial charge on any atom is -0.382 e. The molecule has 2 aliphatic carbocycles. The lowest BCUT2D eigenvalue weighted by molar-refractivity contribution is -0.136. The Morgan fingerprint density at radius 1 is 0.951 bits per heavy atom. The minimum absolute atomic E-state index is 0.0159. The third-order valence-electron chi connectivity index (χ3n) is 13.4. The van der Waals surface area contributed by atoms with Crippen molar-refractivity contribution < 1.29 is 37.5 Å². The molecule has 1 atom stereocenters. The number of alkyl halides is 2. The molecule has 2 saturated heterocycles. The molecule has 16 nitrogen and oxygen atoms in total. The first-order valence-electron chi connectivity index (χ1n) is 21.4. The number of nitrogens with zero attached hydrogens (tertiary/aromatic N) is 7. The van der Waals surface area contributed by atoms with Gasteiger partial charge in [-0.3, -0.25) is 38.9 Å². The average molecular weight is 841 g/mol. The van der Waals surface area contributed by atoms with Crippen LogP contribution >= 0.6 is 0 Å². The second-order valence-corrected chi connectivity index (χ2v) is 17.2. The fourth-order valence-corrected chi connectivity index (χ4v) is 9.97. The van der Waals surface area contributed by atoms with Crippen molar-refractivity contribution in [2.45, 2.75) is 114 Å². The lowest BCUT2D eigenvalue weighted by atomic mass is 9.84. The van der Waals surface area contributed by atoms with E-state index in [1.54, 1.807) is 29.1 Å². The van der Waals surface area contributed by atoms with E-state index < -0.39 is 47.7 Å². The second-order valence-electron chi connectivity index (χ2n) is 17.2. The molecular weight excluding hydrogens is 791 g/mol. The molecule has 18 heteroatoms. The normalized spacial score (nSPS) is 25.1. The molecular formula is C43H50F2N10O6. The van der Waals surface area contributed by atoms with Crippen molar-refractivity contribution in [3.8, 4) is 0 Å². The van der Waals surface area contributed by atoms with Crippen LogP contribution in [0.15, 0.2) is 42.9 Å². The summed E-state index contributed by atoms with van der Waals surface area (Å²) in [5.41, 5.74) is 2.05. The van der Waals surface area contributed by atoms with Gasteiger partial charge in [-0.15, -0.1) is 0 Å². The van der Waals surface area contributed by atoms with Crippen LogP contribution < -0.4 is 16.0 Å². The summed E-state index contributed by atoms with van der Waals surface area (Å²) in [6.45, 7) is 2.22.